The van der Waals surface area contributed by atoms with Crippen molar-refractivity contribution in [3.63, 3.8) is 0 Å². The van der Waals surface area contributed by atoms with Gasteiger partial charge in [-0.15, -0.1) is 11.6 Å². The first-order valence-corrected chi connectivity index (χ1v) is 10.4. The monoisotopic (exact) mass is 389 g/mol. The molecule has 5 heteroatoms. The Morgan fingerprint density at radius 3 is 2.56 bits per heavy atom. The molecule has 1 amide bonds. The van der Waals surface area contributed by atoms with Gasteiger partial charge in [-0.2, -0.15) is 0 Å². The molecule has 0 aromatic heterocycles. The Bertz CT molecular complexity index is 761. The van der Waals surface area contributed by atoms with Crippen LogP contribution in [0.1, 0.15) is 56.6 Å². The number of carbonyl (C=O) groups excluding carboxylic acids is 2. The van der Waals surface area contributed by atoms with Crippen molar-refractivity contribution >= 4 is 29.2 Å². The summed E-state index contributed by atoms with van der Waals surface area (Å²) in [7, 11) is 0. The summed E-state index contributed by atoms with van der Waals surface area (Å²) >= 11 is 6.80. The van der Waals surface area contributed by atoms with Crippen LogP contribution >= 0.6 is 11.6 Å². The summed E-state index contributed by atoms with van der Waals surface area (Å²) in [4.78, 5) is 25.1. The van der Waals surface area contributed by atoms with E-state index in [-0.39, 0.29) is 23.4 Å². The number of halogens is 1. The molecule has 0 radical (unpaired) electrons. The van der Waals surface area contributed by atoms with Gasteiger partial charge in [0.1, 0.15) is 0 Å². The maximum absolute atomic E-state index is 12.9. The van der Waals surface area contributed by atoms with Gasteiger partial charge >= 0.3 is 5.97 Å². The molecule has 1 N–H and O–H groups in total. The molecule has 5 rings (SSSR count). The van der Waals surface area contributed by atoms with Crippen LogP contribution in [0.4, 0.5) is 5.69 Å². The number of aryl methyl sites for hydroxylation is 2. The number of para-hydroxylation sites is 1. The predicted molar refractivity (Wildman–Crippen MR) is 106 cm³/mol. The molecule has 4 nitrogen and oxygen atoms in total. The molecule has 0 unspecified atom stereocenters. The SMILES string of the molecule is CCc1cccc(C)c1NC(=O)COC(=O)C12C[C@H]3C[C@@H](CC(Cl)(C3)C1)C2. The predicted octanol–water partition coefficient (Wildman–Crippen LogP) is 4.62. The van der Waals surface area contributed by atoms with E-state index in [4.69, 9.17) is 16.3 Å². The summed E-state index contributed by atoms with van der Waals surface area (Å²) in [6.45, 7) is 3.79. The highest BCUT2D eigenvalue weighted by Crippen LogP contribution is 2.64. The second kappa shape index (κ2) is 6.80. The van der Waals surface area contributed by atoms with E-state index in [9.17, 15) is 9.59 Å². The van der Waals surface area contributed by atoms with Gasteiger partial charge in [0.2, 0.25) is 0 Å². The lowest BCUT2D eigenvalue weighted by Crippen LogP contribution is -2.56. The van der Waals surface area contributed by atoms with Gasteiger partial charge in [-0.3, -0.25) is 9.59 Å². The van der Waals surface area contributed by atoms with Crippen LogP contribution in [-0.2, 0) is 20.7 Å². The summed E-state index contributed by atoms with van der Waals surface area (Å²) in [6.07, 6.45) is 6.51. The zero-order valence-electron chi connectivity index (χ0n) is 16.1. The fraction of sp³-hybridized carbons (Fsp3) is 0.636. The zero-order valence-corrected chi connectivity index (χ0v) is 16.9. The standard InChI is InChI=1S/C22H28ClNO3/c1-3-17-6-4-5-14(2)19(17)24-18(25)12-27-20(26)21-8-15-7-16(9-21)11-22(23,10-15)13-21/h4-6,15-16H,3,7-13H2,1-2H3,(H,24,25)/t15-,16-,21?,22?/m1/s1. The number of carbonyl (C=O) groups is 2. The molecule has 146 valence electrons. The van der Waals surface area contributed by atoms with Crippen molar-refractivity contribution in [1.82, 2.24) is 0 Å². The van der Waals surface area contributed by atoms with Crippen LogP contribution < -0.4 is 5.32 Å². The van der Waals surface area contributed by atoms with Crippen LogP contribution in [0.2, 0.25) is 0 Å². The van der Waals surface area contributed by atoms with Gasteiger partial charge in [0.15, 0.2) is 6.61 Å². The largest absolute Gasteiger partial charge is 0.455 e. The molecule has 4 bridgehead atoms. The van der Waals surface area contributed by atoms with Crippen molar-refractivity contribution in [3.8, 4) is 0 Å². The molecular formula is C22H28ClNO3. The smallest absolute Gasteiger partial charge is 0.312 e. The van der Waals surface area contributed by atoms with Gasteiger partial charge in [0.05, 0.1) is 5.41 Å². The third kappa shape index (κ3) is 3.49. The van der Waals surface area contributed by atoms with Crippen LogP contribution in [-0.4, -0.2) is 23.4 Å². The summed E-state index contributed by atoms with van der Waals surface area (Å²) in [6, 6.07) is 5.96. The lowest BCUT2D eigenvalue weighted by Gasteiger charge is -2.58. The number of rotatable bonds is 5. The van der Waals surface area contributed by atoms with E-state index in [1.54, 1.807) is 0 Å². The number of alkyl halides is 1. The van der Waals surface area contributed by atoms with Crippen LogP contribution in [0.15, 0.2) is 18.2 Å². The minimum Gasteiger partial charge on any atom is -0.455 e. The minimum atomic E-state index is -0.469. The molecule has 0 saturated heterocycles. The van der Waals surface area contributed by atoms with Crippen molar-refractivity contribution in [2.45, 2.75) is 63.7 Å². The van der Waals surface area contributed by atoms with E-state index >= 15 is 0 Å². The Kier molecular flexibility index (Phi) is 4.74. The first-order chi connectivity index (χ1) is 12.8. The number of nitrogens with one attached hydrogen (secondary N) is 1. The van der Waals surface area contributed by atoms with Gasteiger partial charge in [-0.1, -0.05) is 25.1 Å². The average Bonchev–Trinajstić information content (AvgIpc) is 2.59. The van der Waals surface area contributed by atoms with Crippen molar-refractivity contribution in [3.05, 3.63) is 29.3 Å². The second-order valence-electron chi connectivity index (χ2n) is 8.98. The van der Waals surface area contributed by atoms with E-state index in [1.165, 1.54) is 6.42 Å². The molecule has 4 aliphatic carbocycles. The van der Waals surface area contributed by atoms with Crippen LogP contribution in [0.5, 0.6) is 0 Å². The van der Waals surface area contributed by atoms with Crippen molar-refractivity contribution in [2.75, 3.05) is 11.9 Å². The Balaban J connectivity index is 1.39. The summed E-state index contributed by atoms with van der Waals surface area (Å²) < 4.78 is 5.51. The first-order valence-electron chi connectivity index (χ1n) is 10.1. The fourth-order valence-corrected chi connectivity index (χ4v) is 6.74. The van der Waals surface area contributed by atoms with Crippen molar-refractivity contribution in [1.29, 1.82) is 0 Å². The number of benzene rings is 1. The maximum atomic E-state index is 12.9. The van der Waals surface area contributed by atoms with Crippen LogP contribution in [0, 0.1) is 24.2 Å². The van der Waals surface area contributed by atoms with Crippen LogP contribution in [0.3, 0.4) is 0 Å². The Morgan fingerprint density at radius 2 is 1.93 bits per heavy atom. The van der Waals surface area contributed by atoms with Gasteiger partial charge in [0, 0.05) is 10.6 Å². The Labute approximate surface area is 166 Å². The summed E-state index contributed by atoms with van der Waals surface area (Å²) in [5, 5.41) is 2.92. The number of ether oxygens (including phenoxy) is 1. The fourth-order valence-electron chi connectivity index (χ4n) is 6.05. The molecule has 0 aliphatic heterocycles. The molecule has 0 heterocycles. The van der Waals surface area contributed by atoms with Gasteiger partial charge in [-0.25, -0.2) is 0 Å². The number of hydrogen-bond acceptors (Lipinski definition) is 3. The highest BCUT2D eigenvalue weighted by atomic mass is 35.5. The highest BCUT2D eigenvalue weighted by molar-refractivity contribution is 6.24. The van der Waals surface area contributed by atoms with Crippen LogP contribution in [0.25, 0.3) is 0 Å². The maximum Gasteiger partial charge on any atom is 0.312 e. The number of anilines is 1. The zero-order chi connectivity index (χ0) is 19.2. The first kappa shape index (κ1) is 18.8. The van der Waals surface area contributed by atoms with Gasteiger partial charge < -0.3 is 10.1 Å². The van der Waals surface area contributed by atoms with E-state index in [0.717, 1.165) is 48.9 Å². The molecule has 4 fully saturated rings. The second-order valence-corrected chi connectivity index (χ2v) is 9.78. The number of esters is 1. The minimum absolute atomic E-state index is 0.225. The van der Waals surface area contributed by atoms with Gasteiger partial charge in [0.25, 0.3) is 5.91 Å². The number of hydrogen-bond donors (Lipinski definition) is 1. The normalized spacial score (nSPS) is 33.7. The Morgan fingerprint density at radius 1 is 1.22 bits per heavy atom. The third-order valence-electron chi connectivity index (χ3n) is 6.76. The van der Waals surface area contributed by atoms with Crippen molar-refractivity contribution < 1.29 is 14.3 Å². The van der Waals surface area contributed by atoms with E-state index in [0.29, 0.717) is 18.3 Å². The lowest BCUT2D eigenvalue weighted by molar-refractivity contribution is -0.171. The summed E-state index contributed by atoms with van der Waals surface area (Å²) in [5.41, 5.74) is 2.46. The lowest BCUT2D eigenvalue weighted by atomic mass is 9.49. The summed E-state index contributed by atoms with van der Waals surface area (Å²) in [5.74, 6) is 0.559. The van der Waals surface area contributed by atoms with Gasteiger partial charge in [-0.05, 0) is 74.8 Å². The average molecular weight is 390 g/mol. The quantitative estimate of drug-likeness (QED) is 0.590. The third-order valence-corrected chi connectivity index (χ3v) is 7.20. The molecular weight excluding hydrogens is 362 g/mol. The Hall–Kier alpha value is -1.55. The molecule has 2 atom stereocenters. The molecule has 1 aromatic rings. The highest BCUT2D eigenvalue weighted by Gasteiger charge is 2.60. The van der Waals surface area contributed by atoms with E-state index in [2.05, 4.69) is 12.2 Å². The number of amides is 1. The topological polar surface area (TPSA) is 55.4 Å². The molecule has 0 spiro atoms. The molecule has 1 aromatic carbocycles. The van der Waals surface area contributed by atoms with E-state index < -0.39 is 5.41 Å². The van der Waals surface area contributed by atoms with E-state index in [1.807, 2.05) is 25.1 Å². The molecule has 27 heavy (non-hydrogen) atoms. The molecule has 4 saturated carbocycles. The van der Waals surface area contributed by atoms with Crippen molar-refractivity contribution in [2.24, 2.45) is 17.3 Å². The molecule has 4 aliphatic rings.